The van der Waals surface area contributed by atoms with Crippen LogP contribution in [0.4, 0.5) is 14.4 Å². The quantitative estimate of drug-likeness (QED) is 0.0257. The number of hydrogen-bond acceptors (Lipinski definition) is 21. The van der Waals surface area contributed by atoms with E-state index in [4.69, 9.17) is 0 Å². The van der Waals surface area contributed by atoms with Gasteiger partial charge in [-0.1, -0.05) is 215 Å². The zero-order chi connectivity index (χ0) is 110. The molecule has 3 heterocycles. The van der Waals surface area contributed by atoms with Crippen molar-refractivity contribution >= 4 is 118 Å². The van der Waals surface area contributed by atoms with Gasteiger partial charge in [0.15, 0.2) is 46.9 Å². The summed E-state index contributed by atoms with van der Waals surface area (Å²) in [4.78, 5) is 210. The molecule has 0 aromatic rings. The Bertz CT molecular complexity index is 4980. The van der Waals surface area contributed by atoms with Crippen molar-refractivity contribution in [1.82, 2.24) is 62.6 Å². The van der Waals surface area contributed by atoms with Crippen LogP contribution in [0.5, 0.6) is 0 Å². The molecule has 0 spiro atoms. The second-order valence-electron chi connectivity index (χ2n) is 54.0. The summed E-state index contributed by atoms with van der Waals surface area (Å²) in [6.45, 7) is 51.2. The van der Waals surface area contributed by atoms with Crippen LogP contribution < -0.4 is 47.9 Å². The van der Waals surface area contributed by atoms with E-state index >= 15 is 0 Å². The van der Waals surface area contributed by atoms with Crippen LogP contribution >= 0.6 is 0 Å². The van der Waals surface area contributed by atoms with Gasteiger partial charge in [-0.3, -0.25) is 57.5 Å². The number of carbonyl (C=O) groups excluding carboxylic acids is 15. The maximum Gasteiger partial charge on any atom is 0.315 e. The van der Waals surface area contributed by atoms with Gasteiger partial charge in [-0.2, -0.15) is 0 Å². The summed E-state index contributed by atoms with van der Waals surface area (Å²) in [5.41, 5.74) is -5.49. The minimum Gasteiger partial charge on any atom is -0.347 e. The molecule has 12 aliphatic rings. The number of ketones is 6. The van der Waals surface area contributed by atoms with Crippen molar-refractivity contribution in [2.45, 2.75) is 478 Å². The number of sulfone groups is 3. The number of rotatable bonds is 41. The molecule has 0 aromatic carbocycles. The Balaban J connectivity index is 0.000000224. The van der Waals surface area contributed by atoms with E-state index in [2.05, 4.69) is 89.4 Å². The molecule has 9 saturated carbocycles. The van der Waals surface area contributed by atoms with Gasteiger partial charge in [-0.15, -0.1) is 0 Å². The number of unbranched alkanes of at least 4 members (excludes halogenated alkanes) is 2. The number of urea groups is 3. The third-order valence-electron chi connectivity index (χ3n) is 34.7. The van der Waals surface area contributed by atoms with E-state index in [1.807, 2.05) is 83.1 Å². The largest absolute Gasteiger partial charge is 0.347 e. The molecule has 0 aromatic heterocycles. The Morgan fingerprint density at radius 1 is 0.315 bits per heavy atom. The Morgan fingerprint density at radius 2 is 0.534 bits per heavy atom. The summed E-state index contributed by atoms with van der Waals surface area (Å²) in [6.07, 6.45) is 20.5. The summed E-state index contributed by atoms with van der Waals surface area (Å²) in [5, 5.41) is 26.1. The third-order valence-corrected chi connectivity index (χ3v) is 43.1. The average molecular weight is 2110 g/mol. The molecular weight excluding hydrogens is 1920 g/mol. The number of nitrogens with one attached hydrogen (secondary N) is 9. The van der Waals surface area contributed by atoms with Gasteiger partial charge in [0.25, 0.3) is 17.7 Å². The summed E-state index contributed by atoms with van der Waals surface area (Å²) in [7, 11) is -10.7. The molecule has 33 nitrogen and oxygen atoms in total. The summed E-state index contributed by atoms with van der Waals surface area (Å²) in [5.74, 6) is -8.05. The average Bonchev–Trinajstić information content (AvgIpc) is 1.53. The number of carbonyl (C=O) groups is 15. The molecule has 9 aliphatic carbocycles. The molecule has 36 heteroatoms. The summed E-state index contributed by atoms with van der Waals surface area (Å²) in [6, 6.07) is -6.96. The molecule has 12 fully saturated rings. The second kappa shape index (κ2) is 45.4. The third kappa shape index (κ3) is 28.9. The highest BCUT2D eigenvalue weighted by molar-refractivity contribution is 7.93. The van der Waals surface area contributed by atoms with Gasteiger partial charge < -0.3 is 62.6 Å². The fourth-order valence-electron chi connectivity index (χ4n) is 24.0. The fourth-order valence-corrected chi connectivity index (χ4v) is 28.5. The predicted molar refractivity (Wildman–Crippen MR) is 563 cm³/mol. The van der Waals surface area contributed by atoms with Gasteiger partial charge in [0.1, 0.15) is 18.1 Å². The molecule has 3 aliphatic heterocycles. The fraction of sp³-hybridized carbons (Fsp3) is 0.864. The molecule has 828 valence electrons. The highest BCUT2D eigenvalue weighted by Gasteiger charge is 2.73. The zero-order valence-corrected chi connectivity index (χ0v) is 95.9. The SMILES string of the molecule is CCCC[C@@H](CC(=O)[C@@H]1[C@@H]2[C@H](CN1C(=O)[C@@H](NC(=O)NC1(CS(=O)(=O)C(C)(C)C)CCCCC1)C(C)(C)C)C2(C)C)C(=O)C(=O)NC1CC1.CCCC[C@H](CC(=O)[C@@H]1[C@@H]2[C@H](CN1C(=O)[C@@H](NC(=O)NC1(CS(=O)(=O)C(C)(C)C)CCCCC1)C(C)(C)C)C2(C)C)C(=O)C(=O)NC1CC1.CCC[C@H](CC(=O)[C@@H]1[C@@H]2[C@H](CN1C(=O)[C@@H](NC(=O)NC1(CS(=O)(=O)C(C)(C)C)CCCCC1)C(C)(C)C)C2(C)C)C(=O)C(=O)NC1CC1. The maximum absolute atomic E-state index is 14.5. The van der Waals surface area contributed by atoms with E-state index in [0.29, 0.717) is 96.7 Å². The van der Waals surface area contributed by atoms with Gasteiger partial charge in [0.05, 0.1) is 66.2 Å². The molecule has 9 N–H and O–H groups in total. The molecule has 0 bridgehead atoms. The first-order valence-corrected chi connectivity index (χ1v) is 60.1. The van der Waals surface area contributed by atoms with E-state index in [1.165, 1.54) is 0 Å². The van der Waals surface area contributed by atoms with Crippen molar-refractivity contribution in [2.75, 3.05) is 36.9 Å². The summed E-state index contributed by atoms with van der Waals surface area (Å²) >= 11 is 0. The smallest absolute Gasteiger partial charge is 0.315 e. The Labute approximate surface area is 872 Å². The monoisotopic (exact) mass is 2110 g/mol. The number of fused-ring (bicyclic) bond motifs is 3. The zero-order valence-electron chi connectivity index (χ0n) is 93.4. The molecular formula is C110H184N12O21S3. The molecule has 146 heavy (non-hydrogen) atoms. The van der Waals surface area contributed by atoms with Crippen LogP contribution in [0, 0.1) is 85.8 Å². The van der Waals surface area contributed by atoms with Crippen LogP contribution in [-0.2, 0) is 87.0 Å². The Kier molecular flexibility index (Phi) is 37.4. The van der Waals surface area contributed by atoms with Crippen molar-refractivity contribution in [3.05, 3.63) is 0 Å². The van der Waals surface area contributed by atoms with Gasteiger partial charge in [0, 0.05) is 74.8 Å². The van der Waals surface area contributed by atoms with E-state index in [-0.39, 0.29) is 141 Å². The van der Waals surface area contributed by atoms with Crippen LogP contribution in [0.3, 0.4) is 0 Å². The lowest BCUT2D eigenvalue weighted by atomic mass is 9.83. The highest BCUT2D eigenvalue weighted by Crippen LogP contribution is 2.68. The highest BCUT2D eigenvalue weighted by atomic mass is 32.2. The summed E-state index contributed by atoms with van der Waals surface area (Å²) < 4.78 is 76.9. The standard InChI is InChI=1S/2C37H62N4O7S.C36H60N4O7S/c2*1-10-11-15-23(29(43)31(44)38-24-16-17-24)20-26(42)28-27-25(36(27,8)9)21-41(28)32(45)30(34(2,3)4)39-33(46)40-37(18-13-12-14-19-37)22-49(47,48)35(5,6)7;1-10-14-22(28(42)30(43)37-23-15-16-23)19-25(41)27-26-24(35(26,8)9)20-40(27)31(44)29(33(2,3)4)38-32(45)39-36(17-12-11-13-18-36)21-48(46,47)34(5,6)7/h2*23-25,27-28,30H,10-22H2,1-9H3,(H,38,44)(H2,39,40,46);22-24,26-27,29H,10-21H2,1-9H3,(H,37,43)(H2,38,39,45)/t23-,25+,27+,28-,30-;23-,25-,27-,28+,30+;22-,24+,26+,27-,29-/m101/s1. The first-order valence-electron chi connectivity index (χ1n) is 55.1. The number of hydrogen-bond donors (Lipinski definition) is 9. The van der Waals surface area contributed by atoms with Crippen LogP contribution in [0.25, 0.3) is 0 Å². The van der Waals surface area contributed by atoms with Gasteiger partial charge in [-0.05, 0) is 227 Å². The van der Waals surface area contributed by atoms with E-state index < -0.39 is 184 Å². The molecule has 0 radical (unpaired) electrons. The van der Waals surface area contributed by atoms with Crippen molar-refractivity contribution in [3.63, 3.8) is 0 Å². The lowest BCUT2D eigenvalue weighted by Gasteiger charge is -2.41. The predicted octanol–water partition coefficient (Wildman–Crippen LogP) is 13.7. The Hall–Kier alpha value is -7.50. The van der Waals surface area contributed by atoms with Crippen molar-refractivity contribution in [2.24, 2.45) is 85.8 Å². The molecule has 15 atom stereocenters. The lowest BCUT2D eigenvalue weighted by molar-refractivity contribution is -0.145. The topological polar surface area (TPSA) is 476 Å². The minimum absolute atomic E-state index is 0.0323. The van der Waals surface area contributed by atoms with Crippen LogP contribution in [0.2, 0.25) is 0 Å². The maximum atomic E-state index is 14.5. The first kappa shape index (κ1) is 120. The minimum atomic E-state index is -3.55. The molecule has 12 rings (SSSR count). The normalized spacial score (nSPS) is 25.9. The van der Waals surface area contributed by atoms with E-state index in [9.17, 15) is 97.2 Å². The number of piperidine rings is 3. The van der Waals surface area contributed by atoms with Crippen molar-refractivity contribution in [3.8, 4) is 0 Å². The molecule has 3 saturated heterocycles. The van der Waals surface area contributed by atoms with Crippen LogP contribution in [0.1, 0.15) is 392 Å². The lowest BCUT2D eigenvalue weighted by Crippen LogP contribution is -2.63. The van der Waals surface area contributed by atoms with Crippen LogP contribution in [0.15, 0.2) is 0 Å². The Morgan fingerprint density at radius 3 is 0.726 bits per heavy atom. The van der Waals surface area contributed by atoms with Crippen molar-refractivity contribution in [1.29, 1.82) is 0 Å². The van der Waals surface area contributed by atoms with Gasteiger partial charge in [-0.25, -0.2) is 39.6 Å². The number of nitrogens with zero attached hydrogens (tertiary/aromatic N) is 3. The van der Waals surface area contributed by atoms with Crippen LogP contribution in [-0.4, -0.2) is 250 Å². The van der Waals surface area contributed by atoms with Gasteiger partial charge >= 0.3 is 18.1 Å². The van der Waals surface area contributed by atoms with E-state index in [1.54, 1.807) is 77.0 Å². The second-order valence-corrected chi connectivity index (χ2v) is 62.2. The first-order chi connectivity index (χ1) is 67.1. The molecule has 12 amide bonds. The van der Waals surface area contributed by atoms with Gasteiger partial charge in [0.2, 0.25) is 35.1 Å². The number of Topliss-reactive ketones (excluding diaryl/α,β-unsaturated/α-hetero) is 6. The van der Waals surface area contributed by atoms with Crippen molar-refractivity contribution < 1.29 is 97.2 Å². The van der Waals surface area contributed by atoms with E-state index in [0.717, 1.165) is 109 Å². The number of amides is 12. The molecule has 0 unspecified atom stereocenters. The number of likely N-dealkylation sites (tertiary alicyclic amines) is 3.